The quantitative estimate of drug-likeness (QED) is 0.377. The first-order chi connectivity index (χ1) is 15.4. The van der Waals surface area contributed by atoms with Crippen LogP contribution < -0.4 is 10.4 Å². The molecule has 4 atom stereocenters. The lowest BCUT2D eigenvalue weighted by Gasteiger charge is -2.43. The molecule has 176 valence electrons. The number of piperazine rings is 1. The van der Waals surface area contributed by atoms with E-state index in [2.05, 4.69) is 4.90 Å². The molecule has 4 N–H and O–H groups in total. The number of anilines is 1. The minimum absolute atomic E-state index is 0.115. The minimum atomic E-state index is -1.18. The highest BCUT2D eigenvalue weighted by atomic mass is 16.5. The molecule has 1 unspecified atom stereocenters. The molecule has 1 aromatic rings. The number of carboxylic acid groups (broad SMARTS) is 1. The Bertz CT molecular complexity index is 799. The zero-order valence-corrected chi connectivity index (χ0v) is 18.3. The van der Waals surface area contributed by atoms with Crippen LogP contribution in [0.3, 0.4) is 0 Å². The van der Waals surface area contributed by atoms with Crippen molar-refractivity contribution in [1.29, 1.82) is 0 Å². The molecule has 1 saturated carbocycles. The maximum atomic E-state index is 13.3. The van der Waals surface area contributed by atoms with Gasteiger partial charge >= 0.3 is 6.09 Å². The Morgan fingerprint density at radius 3 is 2.31 bits per heavy atom. The van der Waals surface area contributed by atoms with Crippen LogP contribution in [0, 0.1) is 11.8 Å². The number of benzene rings is 1. The van der Waals surface area contributed by atoms with Gasteiger partial charge in [0.2, 0.25) is 11.8 Å². The van der Waals surface area contributed by atoms with E-state index in [-0.39, 0.29) is 18.9 Å². The average Bonchev–Trinajstić information content (AvgIpc) is 2.83. The Hall–Kier alpha value is -2.85. The molecule has 2 fully saturated rings. The molecule has 0 radical (unpaired) electrons. The van der Waals surface area contributed by atoms with Crippen LogP contribution in [0.4, 0.5) is 10.5 Å². The molecule has 1 saturated heterocycles. The molecule has 2 aliphatic rings. The molecule has 10 nitrogen and oxygen atoms in total. The lowest BCUT2D eigenvalue weighted by atomic mass is 9.75. The smallest absolute Gasteiger partial charge is 0.407 e. The Balaban J connectivity index is 1.68. The number of carbonyl (C=O) groups is 3. The summed E-state index contributed by atoms with van der Waals surface area (Å²) in [6.07, 6.45) is -0.320. The van der Waals surface area contributed by atoms with Gasteiger partial charge in [0.1, 0.15) is 0 Å². The maximum Gasteiger partial charge on any atom is 0.407 e. The van der Waals surface area contributed by atoms with Crippen molar-refractivity contribution in [2.24, 2.45) is 11.8 Å². The largest absolute Gasteiger partial charge is 0.465 e. The van der Waals surface area contributed by atoms with Crippen molar-refractivity contribution in [3.63, 3.8) is 0 Å². The Labute approximate surface area is 187 Å². The zero-order valence-electron chi connectivity index (χ0n) is 18.3. The minimum Gasteiger partial charge on any atom is -0.465 e. The summed E-state index contributed by atoms with van der Waals surface area (Å²) in [6, 6.07) is 8.82. The fraction of sp³-hybridized carbons (Fsp3) is 0.591. The van der Waals surface area contributed by atoms with Crippen LogP contribution in [0.15, 0.2) is 30.3 Å². The van der Waals surface area contributed by atoms with E-state index in [4.69, 9.17) is 0 Å². The molecule has 32 heavy (non-hydrogen) atoms. The van der Waals surface area contributed by atoms with Crippen LogP contribution in [-0.2, 0) is 9.59 Å². The average molecular weight is 449 g/mol. The van der Waals surface area contributed by atoms with E-state index in [9.17, 15) is 29.8 Å². The van der Waals surface area contributed by atoms with Crippen LogP contribution >= 0.6 is 0 Å². The number of hydrogen-bond acceptors (Lipinski definition) is 6. The highest BCUT2D eigenvalue weighted by Crippen LogP contribution is 2.35. The van der Waals surface area contributed by atoms with E-state index in [0.29, 0.717) is 39.0 Å². The summed E-state index contributed by atoms with van der Waals surface area (Å²) in [7, 11) is 0. The van der Waals surface area contributed by atoms with Crippen molar-refractivity contribution >= 4 is 23.6 Å². The number of carbonyl (C=O) groups excluding carboxylic acids is 2. The molecule has 3 rings (SSSR count). The van der Waals surface area contributed by atoms with Gasteiger partial charge in [-0.2, -0.15) is 0 Å². The van der Waals surface area contributed by atoms with Crippen LogP contribution in [-0.4, -0.2) is 88.0 Å². The highest BCUT2D eigenvalue weighted by Gasteiger charge is 2.44. The van der Waals surface area contributed by atoms with E-state index in [1.807, 2.05) is 30.3 Å². The van der Waals surface area contributed by atoms with Crippen LogP contribution in [0.1, 0.15) is 26.2 Å². The maximum absolute atomic E-state index is 13.3. The summed E-state index contributed by atoms with van der Waals surface area (Å²) < 4.78 is 0. The number of aliphatic hydroxyl groups excluding tert-OH is 1. The van der Waals surface area contributed by atoms with Crippen molar-refractivity contribution in [2.75, 3.05) is 37.7 Å². The number of para-hydroxylation sites is 1. The van der Waals surface area contributed by atoms with Crippen LogP contribution in [0.5, 0.6) is 0 Å². The van der Waals surface area contributed by atoms with Crippen LogP contribution in [0.2, 0.25) is 0 Å². The van der Waals surface area contributed by atoms with E-state index < -0.39 is 35.9 Å². The van der Waals surface area contributed by atoms with Gasteiger partial charge in [0.15, 0.2) is 0 Å². The molecule has 1 aliphatic heterocycles. The number of aliphatic hydroxyl groups is 1. The summed E-state index contributed by atoms with van der Waals surface area (Å²) in [4.78, 5) is 42.6. The topological polar surface area (TPSA) is 134 Å². The number of rotatable bonds is 6. The van der Waals surface area contributed by atoms with E-state index in [0.717, 1.165) is 10.6 Å². The van der Waals surface area contributed by atoms with Crippen molar-refractivity contribution in [1.82, 2.24) is 15.3 Å². The summed E-state index contributed by atoms with van der Waals surface area (Å²) in [6.45, 7) is 3.69. The van der Waals surface area contributed by atoms with Crippen molar-refractivity contribution in [3.05, 3.63) is 30.3 Å². The molecule has 0 bridgehead atoms. The van der Waals surface area contributed by atoms with Crippen molar-refractivity contribution in [3.8, 4) is 0 Å². The van der Waals surface area contributed by atoms with Crippen molar-refractivity contribution < 1.29 is 29.8 Å². The third-order valence-corrected chi connectivity index (χ3v) is 6.65. The number of nitrogens with one attached hydrogen (secondary N) is 1. The molecule has 10 heteroatoms. The van der Waals surface area contributed by atoms with Gasteiger partial charge in [0.25, 0.3) is 0 Å². The fourth-order valence-electron chi connectivity index (χ4n) is 4.92. The summed E-state index contributed by atoms with van der Waals surface area (Å²) >= 11 is 0. The normalized spacial score (nSPS) is 24.5. The van der Waals surface area contributed by atoms with Crippen LogP contribution in [0.25, 0.3) is 0 Å². The molecule has 1 heterocycles. The van der Waals surface area contributed by atoms with E-state index in [1.54, 1.807) is 17.3 Å². The second kappa shape index (κ2) is 10.6. The molecular weight excluding hydrogens is 416 g/mol. The number of hydrogen-bond donors (Lipinski definition) is 4. The summed E-state index contributed by atoms with van der Waals surface area (Å²) in [5, 5.41) is 28.3. The summed E-state index contributed by atoms with van der Waals surface area (Å²) in [5.41, 5.74) is 2.75. The summed E-state index contributed by atoms with van der Waals surface area (Å²) in [5.74, 6) is -2.28. The first kappa shape index (κ1) is 23.8. The molecule has 1 aromatic carbocycles. The van der Waals surface area contributed by atoms with Gasteiger partial charge in [-0.1, -0.05) is 18.2 Å². The number of nitrogens with zero attached hydrogens (tertiary/aromatic N) is 3. The molecule has 3 amide bonds. The predicted octanol–water partition coefficient (Wildman–Crippen LogP) is 0.986. The second-order valence-corrected chi connectivity index (χ2v) is 8.53. The zero-order chi connectivity index (χ0) is 23.3. The third-order valence-electron chi connectivity index (χ3n) is 6.65. The fourth-order valence-corrected chi connectivity index (χ4v) is 4.92. The highest BCUT2D eigenvalue weighted by molar-refractivity contribution is 5.87. The molecule has 0 aromatic heterocycles. The van der Waals surface area contributed by atoms with Gasteiger partial charge in [-0.3, -0.25) is 14.8 Å². The van der Waals surface area contributed by atoms with Gasteiger partial charge in [-0.15, -0.1) is 0 Å². The number of hydroxylamine groups is 1. The van der Waals surface area contributed by atoms with Gasteiger partial charge in [-0.05, 0) is 38.3 Å². The number of amides is 3. The molecule has 1 aliphatic carbocycles. The lowest BCUT2D eigenvalue weighted by molar-refractivity contribution is -0.148. The second-order valence-electron chi connectivity index (χ2n) is 8.53. The first-order valence-electron chi connectivity index (χ1n) is 11.0. The lowest BCUT2D eigenvalue weighted by Crippen LogP contribution is -2.56. The van der Waals surface area contributed by atoms with Gasteiger partial charge in [0, 0.05) is 43.8 Å². The standard InChI is InChI=1S/C22H32N4O6/c1-15(14-27)26(22(30)31)17-7-8-18(19(13-17)20(28)23-32)21(29)25-11-9-24(10-12-25)16-5-3-2-4-6-16/h2-6,15,17-19,27,32H,7-14H2,1H3,(H,23,28)(H,30,31)/t15-,17?,18+,19+/m1/s1. The van der Waals surface area contributed by atoms with E-state index >= 15 is 0 Å². The predicted molar refractivity (Wildman–Crippen MR) is 116 cm³/mol. The van der Waals surface area contributed by atoms with E-state index in [1.165, 1.54) is 0 Å². The monoisotopic (exact) mass is 448 g/mol. The van der Waals surface area contributed by atoms with Gasteiger partial charge in [-0.25, -0.2) is 10.3 Å². The third kappa shape index (κ3) is 5.13. The molecule has 0 spiro atoms. The SMILES string of the molecule is C[C@H](CO)N(C(=O)O)C1CC[C@H](C(=O)N2CCN(c3ccccc3)CC2)[C@@H](C(=O)NO)C1. The van der Waals surface area contributed by atoms with Gasteiger partial charge < -0.3 is 24.9 Å². The Morgan fingerprint density at radius 2 is 1.75 bits per heavy atom. The van der Waals surface area contributed by atoms with Crippen molar-refractivity contribution in [2.45, 2.75) is 38.3 Å². The molecular formula is C22H32N4O6. The Kier molecular flexibility index (Phi) is 7.92. The first-order valence-corrected chi connectivity index (χ1v) is 11.0. The van der Waals surface area contributed by atoms with Gasteiger partial charge in [0.05, 0.1) is 18.6 Å². The Morgan fingerprint density at radius 1 is 1.09 bits per heavy atom.